The second kappa shape index (κ2) is 55.9. The summed E-state index contributed by atoms with van der Waals surface area (Å²) in [4.78, 5) is 0. The summed E-state index contributed by atoms with van der Waals surface area (Å²) in [6.45, 7) is 17.9. The molecular weight excluding hydrogens is 1100 g/mol. The first-order valence-corrected chi connectivity index (χ1v) is 39.9. The van der Waals surface area contributed by atoms with Crippen LogP contribution in [0.15, 0.2) is 36.4 Å². The lowest BCUT2D eigenvalue weighted by Crippen LogP contribution is -2.05. The molecule has 0 unspecified atom stereocenters. The fraction of sp³-hybridized carbons (Fsp3) is 0.786. The zero-order chi connectivity index (χ0) is 63.8. The number of benzene rings is 4. The zero-order valence-corrected chi connectivity index (χ0v) is 60.3. The van der Waals surface area contributed by atoms with E-state index in [-0.39, 0.29) is 0 Å². The summed E-state index contributed by atoms with van der Waals surface area (Å²) in [6, 6.07) is 13.9. The molecule has 0 fully saturated rings. The molecule has 0 saturated heterocycles. The van der Waals surface area contributed by atoms with Crippen molar-refractivity contribution in [3.8, 4) is 34.5 Å². The van der Waals surface area contributed by atoms with Crippen molar-refractivity contribution < 1.29 is 28.4 Å². The molecule has 0 amide bonds. The van der Waals surface area contributed by atoms with E-state index in [9.17, 15) is 0 Å². The van der Waals surface area contributed by atoms with Crippen LogP contribution < -0.4 is 28.4 Å². The SMILES string of the molecule is CCCCCCCCCCCOc1cc2c3cc(OCCCCCCCCCCC)c(OCCCCCCCCCCC)cc3c3cc(OCCCCCCCCCCC)c(OCCCCCCCCCCC)cc3c2cc1OCCCCCCCCCCC. The van der Waals surface area contributed by atoms with Crippen LogP contribution in [0.3, 0.4) is 0 Å². The van der Waals surface area contributed by atoms with Gasteiger partial charge in [0.2, 0.25) is 0 Å². The van der Waals surface area contributed by atoms with Gasteiger partial charge in [0, 0.05) is 0 Å². The summed E-state index contributed by atoms with van der Waals surface area (Å²) in [5.74, 6) is 5.11. The smallest absolute Gasteiger partial charge is 0.161 e. The van der Waals surface area contributed by atoms with Crippen LogP contribution >= 0.6 is 0 Å². The van der Waals surface area contributed by atoms with Crippen LogP contribution in [0.5, 0.6) is 34.5 Å². The standard InChI is InChI=1S/C84H144O6/c1-7-13-19-25-31-37-43-49-55-61-85-79-67-73-74(68-80(79)86-62-56-50-44-38-32-26-20-14-8-2)76-70-82(88-64-58-52-46-40-34-28-22-16-10-4)84(90-66-60-54-48-42-36-30-24-18-12-6)72-78(76)77-71-83(89-65-59-53-47-41-35-29-23-17-11-5)81(69-75(73)77)87-63-57-51-45-39-33-27-21-15-9-3/h67-72H,7-66H2,1-6H3. The average Bonchev–Trinajstić information content (AvgIpc) is 0.735. The topological polar surface area (TPSA) is 55.4 Å². The van der Waals surface area contributed by atoms with Crippen molar-refractivity contribution in [2.75, 3.05) is 39.6 Å². The maximum Gasteiger partial charge on any atom is 0.161 e. The van der Waals surface area contributed by atoms with Crippen LogP contribution in [-0.4, -0.2) is 39.6 Å². The summed E-state index contributed by atoms with van der Waals surface area (Å²) >= 11 is 0. The van der Waals surface area contributed by atoms with E-state index in [1.54, 1.807) is 0 Å². The van der Waals surface area contributed by atoms with Gasteiger partial charge in [0.1, 0.15) is 0 Å². The third-order valence-corrected chi connectivity index (χ3v) is 19.2. The summed E-state index contributed by atoms with van der Waals surface area (Å²) in [5.41, 5.74) is 0. The highest BCUT2D eigenvalue weighted by atomic mass is 16.5. The molecule has 0 aliphatic carbocycles. The molecule has 516 valence electrons. The van der Waals surface area contributed by atoms with Gasteiger partial charge < -0.3 is 28.4 Å². The van der Waals surface area contributed by atoms with Crippen LogP contribution in [0, 0.1) is 0 Å². The lowest BCUT2D eigenvalue weighted by molar-refractivity contribution is 0.258. The first-order valence-electron chi connectivity index (χ1n) is 39.9. The lowest BCUT2D eigenvalue weighted by atomic mass is 9.93. The second-order valence-electron chi connectivity index (χ2n) is 27.6. The molecule has 90 heavy (non-hydrogen) atoms. The number of ether oxygens (including phenoxy) is 6. The van der Waals surface area contributed by atoms with Gasteiger partial charge in [0.15, 0.2) is 34.5 Å². The van der Waals surface area contributed by atoms with Crippen LogP contribution in [0.25, 0.3) is 32.3 Å². The molecule has 0 aliphatic rings. The van der Waals surface area contributed by atoms with Crippen molar-refractivity contribution in [3.05, 3.63) is 36.4 Å². The third kappa shape index (κ3) is 35.7. The largest absolute Gasteiger partial charge is 0.490 e. The number of unbranched alkanes of at least 4 members (excludes halogenated alkanes) is 48. The second-order valence-corrected chi connectivity index (χ2v) is 27.6. The van der Waals surface area contributed by atoms with Crippen molar-refractivity contribution in [2.24, 2.45) is 0 Å². The van der Waals surface area contributed by atoms with Gasteiger partial charge in [-0.3, -0.25) is 0 Å². The summed E-state index contributed by atoms with van der Waals surface area (Å²) in [7, 11) is 0. The predicted octanol–water partition coefficient (Wildman–Crippen LogP) is 28.6. The molecular formula is C84H144O6. The molecule has 0 heterocycles. The molecule has 0 atom stereocenters. The van der Waals surface area contributed by atoms with Crippen LogP contribution in [-0.2, 0) is 0 Å². The first-order chi connectivity index (χ1) is 44.6. The fourth-order valence-corrected chi connectivity index (χ4v) is 13.3. The van der Waals surface area contributed by atoms with E-state index in [0.717, 1.165) is 105 Å². The molecule has 0 saturated carbocycles. The Morgan fingerprint density at radius 3 is 0.356 bits per heavy atom. The van der Waals surface area contributed by atoms with Gasteiger partial charge in [-0.05, 0) is 107 Å². The first kappa shape index (κ1) is 78.9. The molecule has 4 aromatic carbocycles. The molecule has 6 nitrogen and oxygen atoms in total. The van der Waals surface area contributed by atoms with E-state index in [2.05, 4.69) is 77.9 Å². The summed E-state index contributed by atoms with van der Waals surface area (Å²) in [6.07, 6.45) is 69.4. The number of rotatable bonds is 66. The minimum absolute atomic E-state index is 0.682. The Bertz CT molecular complexity index is 1850. The maximum atomic E-state index is 6.95. The average molecular weight is 1250 g/mol. The zero-order valence-electron chi connectivity index (χ0n) is 60.3. The molecule has 0 aromatic heterocycles. The molecule has 4 rings (SSSR count). The Morgan fingerprint density at radius 1 is 0.144 bits per heavy atom. The molecule has 0 radical (unpaired) electrons. The predicted molar refractivity (Wildman–Crippen MR) is 395 cm³/mol. The Hall–Kier alpha value is -3.54. The summed E-state index contributed by atoms with van der Waals surface area (Å²) < 4.78 is 41.7. The molecule has 0 aliphatic heterocycles. The molecule has 6 heteroatoms. The van der Waals surface area contributed by atoms with Crippen LogP contribution in [0.4, 0.5) is 0 Å². The molecule has 0 spiro atoms. The van der Waals surface area contributed by atoms with Crippen molar-refractivity contribution >= 4 is 32.3 Å². The van der Waals surface area contributed by atoms with Gasteiger partial charge in [0.25, 0.3) is 0 Å². The highest BCUT2D eigenvalue weighted by Gasteiger charge is 2.21. The van der Waals surface area contributed by atoms with Gasteiger partial charge in [-0.15, -0.1) is 0 Å². The van der Waals surface area contributed by atoms with Crippen molar-refractivity contribution in [3.63, 3.8) is 0 Å². The maximum absolute atomic E-state index is 6.95. The highest BCUT2D eigenvalue weighted by Crippen LogP contribution is 2.47. The Labute approximate surface area is 556 Å². The highest BCUT2D eigenvalue weighted by molar-refractivity contribution is 6.26. The quantitative estimate of drug-likeness (QED) is 0.0324. The number of hydrogen-bond donors (Lipinski definition) is 0. The lowest BCUT2D eigenvalue weighted by Gasteiger charge is -2.21. The van der Waals surface area contributed by atoms with Crippen molar-refractivity contribution in [1.82, 2.24) is 0 Å². The van der Waals surface area contributed by atoms with E-state index in [1.807, 2.05) is 0 Å². The van der Waals surface area contributed by atoms with E-state index in [4.69, 9.17) is 28.4 Å². The monoisotopic (exact) mass is 1250 g/mol. The van der Waals surface area contributed by atoms with E-state index >= 15 is 0 Å². The minimum Gasteiger partial charge on any atom is -0.490 e. The van der Waals surface area contributed by atoms with Gasteiger partial charge in [-0.2, -0.15) is 0 Å². The van der Waals surface area contributed by atoms with E-state index < -0.39 is 0 Å². The molecule has 0 bridgehead atoms. The Morgan fingerprint density at radius 2 is 0.244 bits per heavy atom. The van der Waals surface area contributed by atoms with Crippen molar-refractivity contribution in [1.29, 1.82) is 0 Å². The van der Waals surface area contributed by atoms with Gasteiger partial charge in [-0.1, -0.05) is 350 Å². The summed E-state index contributed by atoms with van der Waals surface area (Å²) in [5, 5.41) is 6.93. The Kier molecular flexibility index (Phi) is 49.0. The van der Waals surface area contributed by atoms with Crippen LogP contribution in [0.2, 0.25) is 0 Å². The third-order valence-electron chi connectivity index (χ3n) is 19.2. The molecule has 0 N–H and O–H groups in total. The minimum atomic E-state index is 0.682. The Balaban J connectivity index is 1.80. The molecule has 4 aromatic rings. The fourth-order valence-electron chi connectivity index (χ4n) is 13.3. The van der Waals surface area contributed by atoms with E-state index in [0.29, 0.717) is 39.6 Å². The van der Waals surface area contributed by atoms with Gasteiger partial charge >= 0.3 is 0 Å². The normalized spacial score (nSPS) is 11.7. The number of hydrogen-bond acceptors (Lipinski definition) is 6. The van der Waals surface area contributed by atoms with Crippen molar-refractivity contribution in [2.45, 2.75) is 388 Å². The van der Waals surface area contributed by atoms with E-state index in [1.165, 1.54) is 308 Å². The number of fused-ring (bicyclic) bond motifs is 6. The van der Waals surface area contributed by atoms with Gasteiger partial charge in [-0.25, -0.2) is 0 Å². The van der Waals surface area contributed by atoms with Crippen LogP contribution in [0.1, 0.15) is 388 Å². The van der Waals surface area contributed by atoms with Gasteiger partial charge in [0.05, 0.1) is 39.6 Å².